The van der Waals surface area contributed by atoms with E-state index >= 15 is 0 Å². The van der Waals surface area contributed by atoms with E-state index in [-0.39, 0.29) is 11.7 Å². The summed E-state index contributed by atoms with van der Waals surface area (Å²) in [5.41, 5.74) is 2.13. The molecule has 0 radical (unpaired) electrons. The highest BCUT2D eigenvalue weighted by atomic mass is 16.6. The fourth-order valence-corrected chi connectivity index (χ4v) is 2.80. The molecule has 5 heteroatoms. The van der Waals surface area contributed by atoms with Crippen LogP contribution in [0.3, 0.4) is 0 Å². The van der Waals surface area contributed by atoms with Crippen LogP contribution in [0.25, 0.3) is 0 Å². The van der Waals surface area contributed by atoms with Crippen LogP contribution in [0.2, 0.25) is 0 Å². The van der Waals surface area contributed by atoms with Crippen LogP contribution in [0, 0.1) is 5.92 Å². The molecule has 0 spiro atoms. The van der Waals surface area contributed by atoms with Crippen molar-refractivity contribution in [3.8, 4) is 0 Å². The second kappa shape index (κ2) is 10.2. The summed E-state index contributed by atoms with van der Waals surface area (Å²) in [4.78, 5) is 11.4. The molecule has 1 saturated heterocycles. The molecule has 0 aromatic rings. The van der Waals surface area contributed by atoms with Crippen molar-refractivity contribution in [3.63, 3.8) is 0 Å². The van der Waals surface area contributed by atoms with E-state index in [4.69, 9.17) is 14.2 Å². The summed E-state index contributed by atoms with van der Waals surface area (Å²) in [7, 11) is 4.31. The topological polar surface area (TPSA) is 57.3 Å². The number of esters is 1. The lowest BCUT2D eigenvalue weighted by molar-refractivity contribution is -0.135. The van der Waals surface area contributed by atoms with Gasteiger partial charge < -0.3 is 18.9 Å². The molecule has 0 N–H and O–H groups in total. The van der Waals surface area contributed by atoms with E-state index < -0.39 is 5.97 Å². The Labute approximate surface area is 163 Å². The molecule has 5 nitrogen and oxygen atoms in total. The summed E-state index contributed by atoms with van der Waals surface area (Å²) < 4.78 is 20.9. The summed E-state index contributed by atoms with van der Waals surface area (Å²) in [5.74, 6) is 0.641. The van der Waals surface area contributed by atoms with Crippen LogP contribution in [0.1, 0.15) is 34.1 Å². The third-order valence-electron chi connectivity index (χ3n) is 4.74. The Morgan fingerprint density at radius 2 is 1.70 bits per heavy atom. The average Bonchev–Trinajstić information content (AvgIpc) is 3.31. The number of allylic oxidation sites excluding steroid dienone is 5. The molecule has 27 heavy (non-hydrogen) atoms. The van der Waals surface area contributed by atoms with E-state index in [0.717, 1.165) is 12.0 Å². The minimum absolute atomic E-state index is 0.0931. The SMILES string of the molecule is C=CC1OC1(C)CC(C)/C(C)=C/C=C(C)/C=C(OC)/C(=C/C(=O)OC)OC. The maximum Gasteiger partial charge on any atom is 0.334 e. The van der Waals surface area contributed by atoms with Gasteiger partial charge in [0.25, 0.3) is 0 Å². The van der Waals surface area contributed by atoms with Gasteiger partial charge >= 0.3 is 5.97 Å². The van der Waals surface area contributed by atoms with Gasteiger partial charge in [0.15, 0.2) is 11.5 Å². The number of hydrogen-bond donors (Lipinski definition) is 0. The van der Waals surface area contributed by atoms with Crippen LogP contribution >= 0.6 is 0 Å². The quantitative estimate of drug-likeness (QED) is 0.140. The van der Waals surface area contributed by atoms with Gasteiger partial charge in [-0.25, -0.2) is 4.79 Å². The highest BCUT2D eigenvalue weighted by molar-refractivity contribution is 5.83. The zero-order valence-electron chi connectivity index (χ0n) is 17.5. The van der Waals surface area contributed by atoms with Gasteiger partial charge in [-0.2, -0.15) is 0 Å². The molecule has 0 aromatic heterocycles. The van der Waals surface area contributed by atoms with E-state index in [1.165, 1.54) is 33.0 Å². The molecule has 3 atom stereocenters. The summed E-state index contributed by atoms with van der Waals surface area (Å²) in [6, 6.07) is 0. The first-order valence-electron chi connectivity index (χ1n) is 8.95. The van der Waals surface area contributed by atoms with Crippen molar-refractivity contribution in [1.82, 2.24) is 0 Å². The number of methoxy groups -OCH3 is 3. The maximum absolute atomic E-state index is 11.4. The van der Waals surface area contributed by atoms with Gasteiger partial charge in [-0.15, -0.1) is 6.58 Å². The van der Waals surface area contributed by atoms with Crippen LogP contribution in [-0.4, -0.2) is 39.0 Å². The Kier molecular flexibility index (Phi) is 8.57. The number of hydrogen-bond acceptors (Lipinski definition) is 5. The fraction of sp³-hybridized carbons (Fsp3) is 0.500. The van der Waals surface area contributed by atoms with Crippen LogP contribution < -0.4 is 0 Å². The molecular weight excluding hydrogens is 344 g/mol. The van der Waals surface area contributed by atoms with Crippen molar-refractivity contribution in [2.24, 2.45) is 5.92 Å². The number of ether oxygens (including phenoxy) is 4. The molecule has 1 aliphatic rings. The molecule has 0 bridgehead atoms. The molecule has 3 unspecified atom stereocenters. The first kappa shape index (κ1) is 22.8. The van der Waals surface area contributed by atoms with E-state index in [1.807, 2.05) is 25.2 Å². The van der Waals surface area contributed by atoms with Gasteiger partial charge in [-0.1, -0.05) is 30.7 Å². The van der Waals surface area contributed by atoms with Gasteiger partial charge in [0.05, 0.1) is 33.0 Å². The number of carbonyl (C=O) groups excluding carboxylic acids is 1. The monoisotopic (exact) mass is 376 g/mol. The Morgan fingerprint density at radius 3 is 2.19 bits per heavy atom. The van der Waals surface area contributed by atoms with E-state index in [9.17, 15) is 4.79 Å². The standard InChI is InChI=1S/C22H32O5/c1-9-20-22(5,27-20)14-17(4)16(3)11-10-15(2)12-18(24-6)19(25-7)13-21(23)26-8/h9-13,17,20H,1,14H2,2-8H3/b15-10+,16-11+,18-12-,19-13-. The number of rotatable bonds is 10. The zero-order chi connectivity index (χ0) is 20.6. The lowest BCUT2D eigenvalue weighted by atomic mass is 9.89. The van der Waals surface area contributed by atoms with Crippen LogP contribution in [0.5, 0.6) is 0 Å². The van der Waals surface area contributed by atoms with E-state index in [0.29, 0.717) is 17.4 Å². The van der Waals surface area contributed by atoms with Gasteiger partial charge in [0, 0.05) is 0 Å². The van der Waals surface area contributed by atoms with Gasteiger partial charge in [-0.05, 0) is 44.8 Å². The largest absolute Gasteiger partial charge is 0.493 e. The minimum atomic E-state index is -0.505. The molecule has 1 aliphatic heterocycles. The third kappa shape index (κ3) is 6.75. The molecule has 150 valence electrons. The minimum Gasteiger partial charge on any atom is -0.493 e. The van der Waals surface area contributed by atoms with E-state index in [1.54, 1.807) is 0 Å². The van der Waals surface area contributed by atoms with Crippen molar-refractivity contribution in [2.75, 3.05) is 21.3 Å². The van der Waals surface area contributed by atoms with Crippen molar-refractivity contribution < 1.29 is 23.7 Å². The number of epoxide rings is 1. The fourth-order valence-electron chi connectivity index (χ4n) is 2.80. The maximum atomic E-state index is 11.4. The van der Waals surface area contributed by atoms with Gasteiger partial charge in [-0.3, -0.25) is 0 Å². The molecule has 1 rings (SSSR count). The molecule has 0 amide bonds. The third-order valence-corrected chi connectivity index (χ3v) is 4.74. The van der Waals surface area contributed by atoms with Gasteiger partial charge in [0.2, 0.25) is 0 Å². The molecule has 0 aromatic carbocycles. The lowest BCUT2D eigenvalue weighted by Crippen LogP contribution is -2.14. The van der Waals surface area contributed by atoms with Crippen molar-refractivity contribution in [1.29, 1.82) is 0 Å². The van der Waals surface area contributed by atoms with Crippen molar-refractivity contribution in [3.05, 3.63) is 59.6 Å². The zero-order valence-corrected chi connectivity index (χ0v) is 17.5. The van der Waals surface area contributed by atoms with Gasteiger partial charge in [0.1, 0.15) is 6.10 Å². The smallest absolute Gasteiger partial charge is 0.334 e. The second-order valence-electron chi connectivity index (χ2n) is 6.96. The lowest BCUT2D eigenvalue weighted by Gasteiger charge is -2.15. The Morgan fingerprint density at radius 1 is 1.11 bits per heavy atom. The first-order chi connectivity index (χ1) is 12.7. The highest BCUT2D eigenvalue weighted by Gasteiger charge is 2.50. The molecule has 1 fully saturated rings. The van der Waals surface area contributed by atoms with E-state index in [2.05, 4.69) is 38.2 Å². The summed E-state index contributed by atoms with van der Waals surface area (Å²) in [6.07, 6.45) is 10.1. The molecular formula is C22H32O5. The molecule has 0 aliphatic carbocycles. The molecule has 1 heterocycles. The van der Waals surface area contributed by atoms with Crippen LogP contribution in [-0.2, 0) is 23.7 Å². The van der Waals surface area contributed by atoms with Crippen molar-refractivity contribution in [2.45, 2.75) is 45.8 Å². The summed E-state index contributed by atoms with van der Waals surface area (Å²) in [6.45, 7) is 12.2. The average molecular weight is 376 g/mol. The normalized spacial score (nSPS) is 24.9. The Bertz CT molecular complexity index is 668. The predicted octanol–water partition coefficient (Wildman–Crippen LogP) is 4.48. The first-order valence-corrected chi connectivity index (χ1v) is 8.95. The Hall–Kier alpha value is -2.27. The predicted molar refractivity (Wildman–Crippen MR) is 107 cm³/mol. The van der Waals surface area contributed by atoms with Crippen molar-refractivity contribution >= 4 is 5.97 Å². The van der Waals surface area contributed by atoms with Crippen LogP contribution in [0.15, 0.2) is 59.6 Å². The Balaban J connectivity index is 2.87. The summed E-state index contributed by atoms with van der Waals surface area (Å²) in [5, 5.41) is 0. The number of carbonyl (C=O) groups is 1. The second-order valence-corrected chi connectivity index (χ2v) is 6.96. The highest BCUT2D eigenvalue weighted by Crippen LogP contribution is 2.43. The van der Waals surface area contributed by atoms with Crippen LogP contribution in [0.4, 0.5) is 0 Å². The summed E-state index contributed by atoms with van der Waals surface area (Å²) >= 11 is 0. The molecule has 0 saturated carbocycles.